The number of carbonyl (C=O) groups excluding carboxylic acids is 3. The molecule has 0 unspecified atom stereocenters. The Labute approximate surface area is 181 Å². The molecule has 2 aromatic rings. The summed E-state index contributed by atoms with van der Waals surface area (Å²) in [5.74, 6) is -0.882. The number of carbonyl (C=O) groups is 3. The first kappa shape index (κ1) is 21.2. The Bertz CT molecular complexity index is 930. The van der Waals surface area contributed by atoms with E-state index in [1.807, 2.05) is 12.1 Å². The average Bonchev–Trinajstić information content (AvgIpc) is 3.03. The normalized spacial score (nSPS) is 17.1. The Morgan fingerprint density at radius 2 is 1.52 bits per heavy atom. The van der Waals surface area contributed by atoms with Gasteiger partial charge < -0.3 is 10.4 Å². The molecular formula is C24H27N3O4. The van der Waals surface area contributed by atoms with E-state index in [0.717, 1.165) is 42.9 Å². The molecule has 2 N–H and O–H groups in total. The number of rotatable bonds is 7. The number of benzene rings is 2. The van der Waals surface area contributed by atoms with E-state index >= 15 is 0 Å². The number of piperidine rings is 1. The summed E-state index contributed by atoms with van der Waals surface area (Å²) in [7, 11) is 0. The number of aliphatic hydroxyl groups is 1. The lowest BCUT2D eigenvalue weighted by Crippen LogP contribution is -2.35. The van der Waals surface area contributed by atoms with Gasteiger partial charge in [-0.05, 0) is 36.1 Å². The minimum absolute atomic E-state index is 0.0711. The van der Waals surface area contributed by atoms with Gasteiger partial charge in [0.25, 0.3) is 11.8 Å². The molecule has 2 aliphatic rings. The summed E-state index contributed by atoms with van der Waals surface area (Å²) in [4.78, 5) is 40.4. The highest BCUT2D eigenvalue weighted by Crippen LogP contribution is 2.22. The lowest BCUT2D eigenvalue weighted by atomic mass is 10.1. The van der Waals surface area contributed by atoms with Gasteiger partial charge in [-0.2, -0.15) is 0 Å². The van der Waals surface area contributed by atoms with Crippen molar-refractivity contribution in [3.05, 3.63) is 70.8 Å². The second-order valence-corrected chi connectivity index (χ2v) is 8.16. The summed E-state index contributed by atoms with van der Waals surface area (Å²) < 4.78 is 0. The predicted octanol–water partition coefficient (Wildman–Crippen LogP) is 1.95. The zero-order chi connectivity index (χ0) is 21.8. The molecule has 0 saturated carbocycles. The molecule has 1 saturated heterocycles. The van der Waals surface area contributed by atoms with E-state index in [2.05, 4.69) is 22.3 Å². The van der Waals surface area contributed by atoms with Crippen LogP contribution in [0.15, 0.2) is 48.5 Å². The van der Waals surface area contributed by atoms with Crippen LogP contribution in [0.3, 0.4) is 0 Å². The van der Waals surface area contributed by atoms with Crippen molar-refractivity contribution in [2.24, 2.45) is 0 Å². The molecule has 0 aromatic heterocycles. The molecule has 2 heterocycles. The Kier molecular flexibility index (Phi) is 6.44. The Hall–Kier alpha value is -3.03. The molecule has 2 aliphatic heterocycles. The molecule has 162 valence electrons. The fraction of sp³-hybridized carbons (Fsp3) is 0.375. The lowest BCUT2D eigenvalue weighted by molar-refractivity contribution is -0.121. The van der Waals surface area contributed by atoms with Crippen LogP contribution >= 0.6 is 0 Å². The summed E-state index contributed by atoms with van der Waals surface area (Å²) in [5, 5.41) is 12.5. The van der Waals surface area contributed by atoms with Crippen molar-refractivity contribution in [2.45, 2.75) is 38.5 Å². The minimum Gasteiger partial charge on any atom is -0.393 e. The van der Waals surface area contributed by atoms with E-state index in [4.69, 9.17) is 0 Å². The molecule has 7 nitrogen and oxygen atoms in total. The fourth-order valence-corrected chi connectivity index (χ4v) is 4.04. The van der Waals surface area contributed by atoms with Crippen LogP contribution in [0.25, 0.3) is 0 Å². The molecule has 4 rings (SSSR count). The van der Waals surface area contributed by atoms with Crippen LogP contribution in [0.5, 0.6) is 0 Å². The van der Waals surface area contributed by atoms with Gasteiger partial charge in [-0.15, -0.1) is 0 Å². The maximum Gasteiger partial charge on any atom is 0.261 e. The van der Waals surface area contributed by atoms with Crippen molar-refractivity contribution in [1.29, 1.82) is 0 Å². The predicted molar refractivity (Wildman–Crippen MR) is 115 cm³/mol. The summed E-state index contributed by atoms with van der Waals surface area (Å²) in [6.07, 6.45) is 1.55. The zero-order valence-electron chi connectivity index (χ0n) is 17.4. The van der Waals surface area contributed by atoms with E-state index < -0.39 is 0 Å². The van der Waals surface area contributed by atoms with Gasteiger partial charge in [0.15, 0.2) is 0 Å². The summed E-state index contributed by atoms with van der Waals surface area (Å²) >= 11 is 0. The highest BCUT2D eigenvalue weighted by atomic mass is 16.3. The van der Waals surface area contributed by atoms with Crippen LogP contribution in [0.1, 0.15) is 51.1 Å². The third-order valence-corrected chi connectivity index (χ3v) is 5.92. The van der Waals surface area contributed by atoms with Crippen LogP contribution in [0.2, 0.25) is 0 Å². The standard InChI is InChI=1S/C24H27N3O4/c28-19-9-12-26(13-10-19)16-18-7-5-17(6-8-18)15-25-22(29)11-14-27-23(30)20-3-1-2-4-21(20)24(27)31/h1-8,19,28H,9-16H2,(H,25,29). The third kappa shape index (κ3) is 5.00. The van der Waals surface area contributed by atoms with Crippen LogP contribution in [0.4, 0.5) is 0 Å². The van der Waals surface area contributed by atoms with E-state index in [9.17, 15) is 19.5 Å². The average molecular weight is 421 g/mol. The van der Waals surface area contributed by atoms with Gasteiger partial charge in [-0.1, -0.05) is 36.4 Å². The molecule has 31 heavy (non-hydrogen) atoms. The number of imide groups is 1. The van der Waals surface area contributed by atoms with Crippen LogP contribution < -0.4 is 5.32 Å². The van der Waals surface area contributed by atoms with Gasteiger partial charge in [0.1, 0.15) is 0 Å². The molecule has 0 radical (unpaired) electrons. The summed E-state index contributed by atoms with van der Waals surface area (Å²) in [6, 6.07) is 14.8. The molecule has 0 bridgehead atoms. The van der Waals surface area contributed by atoms with Gasteiger partial charge >= 0.3 is 0 Å². The highest BCUT2D eigenvalue weighted by molar-refractivity contribution is 6.21. The van der Waals surface area contributed by atoms with Crippen molar-refractivity contribution in [3.63, 3.8) is 0 Å². The molecule has 1 fully saturated rings. The second kappa shape index (κ2) is 9.41. The molecule has 0 atom stereocenters. The fourth-order valence-electron chi connectivity index (χ4n) is 4.04. The number of amides is 3. The number of hydrogen-bond acceptors (Lipinski definition) is 5. The summed E-state index contributed by atoms with van der Waals surface area (Å²) in [6.45, 7) is 3.15. The van der Waals surface area contributed by atoms with Crippen LogP contribution in [-0.4, -0.2) is 58.4 Å². The van der Waals surface area contributed by atoms with E-state index in [1.165, 1.54) is 5.56 Å². The zero-order valence-corrected chi connectivity index (χ0v) is 17.4. The van der Waals surface area contributed by atoms with Crippen molar-refractivity contribution in [2.75, 3.05) is 19.6 Å². The van der Waals surface area contributed by atoms with Crippen LogP contribution in [0, 0.1) is 0 Å². The third-order valence-electron chi connectivity index (χ3n) is 5.92. The number of nitrogens with zero attached hydrogens (tertiary/aromatic N) is 2. The maximum absolute atomic E-state index is 12.3. The van der Waals surface area contributed by atoms with E-state index in [0.29, 0.717) is 17.7 Å². The van der Waals surface area contributed by atoms with Gasteiger partial charge in [-0.25, -0.2) is 0 Å². The number of nitrogens with one attached hydrogen (secondary N) is 1. The number of hydrogen-bond donors (Lipinski definition) is 2. The van der Waals surface area contributed by atoms with Gasteiger partial charge in [0.05, 0.1) is 17.2 Å². The van der Waals surface area contributed by atoms with Crippen molar-refractivity contribution in [3.8, 4) is 0 Å². The molecular weight excluding hydrogens is 394 g/mol. The largest absolute Gasteiger partial charge is 0.393 e. The van der Waals surface area contributed by atoms with Crippen molar-refractivity contribution >= 4 is 17.7 Å². The SMILES string of the molecule is O=C(CCN1C(=O)c2ccccc2C1=O)NCc1ccc(CN2CCC(O)CC2)cc1. The highest BCUT2D eigenvalue weighted by Gasteiger charge is 2.34. The van der Waals surface area contributed by atoms with Crippen molar-refractivity contribution in [1.82, 2.24) is 15.1 Å². The smallest absolute Gasteiger partial charge is 0.261 e. The van der Waals surface area contributed by atoms with E-state index in [1.54, 1.807) is 24.3 Å². The first-order valence-corrected chi connectivity index (χ1v) is 10.7. The Balaban J connectivity index is 1.21. The number of likely N-dealkylation sites (tertiary alicyclic amines) is 1. The minimum atomic E-state index is -0.341. The monoisotopic (exact) mass is 421 g/mol. The van der Waals surface area contributed by atoms with Gasteiger partial charge in [0.2, 0.25) is 5.91 Å². The van der Waals surface area contributed by atoms with Gasteiger partial charge in [0, 0.05) is 39.1 Å². The number of fused-ring (bicyclic) bond motifs is 1. The van der Waals surface area contributed by atoms with E-state index in [-0.39, 0.29) is 36.8 Å². The Morgan fingerprint density at radius 3 is 2.13 bits per heavy atom. The molecule has 0 spiro atoms. The Morgan fingerprint density at radius 1 is 0.935 bits per heavy atom. The van der Waals surface area contributed by atoms with Gasteiger partial charge in [-0.3, -0.25) is 24.2 Å². The van der Waals surface area contributed by atoms with Crippen molar-refractivity contribution < 1.29 is 19.5 Å². The number of aliphatic hydroxyl groups excluding tert-OH is 1. The molecule has 2 aromatic carbocycles. The topological polar surface area (TPSA) is 90.0 Å². The first-order chi connectivity index (χ1) is 15.0. The summed E-state index contributed by atoms with van der Waals surface area (Å²) in [5.41, 5.74) is 2.99. The quantitative estimate of drug-likeness (QED) is 0.667. The molecule has 7 heteroatoms. The first-order valence-electron chi connectivity index (χ1n) is 10.7. The second-order valence-electron chi connectivity index (χ2n) is 8.16. The maximum atomic E-state index is 12.3. The molecule has 0 aliphatic carbocycles. The molecule has 3 amide bonds. The van der Waals surface area contributed by atoms with Crippen LogP contribution in [-0.2, 0) is 17.9 Å². The lowest BCUT2D eigenvalue weighted by Gasteiger charge is -2.29.